The minimum atomic E-state index is 0.864. The third-order valence-electron chi connectivity index (χ3n) is 1.05. The largest absolute Gasteiger partial charge is 0.497 e. The molecule has 0 aliphatic carbocycles. The first-order chi connectivity index (χ1) is 4.70. The van der Waals surface area contributed by atoms with Gasteiger partial charge in [0.25, 0.3) is 0 Å². The van der Waals surface area contributed by atoms with E-state index >= 15 is 0 Å². The summed E-state index contributed by atoms with van der Waals surface area (Å²) in [4.78, 5) is 0. The normalized spacial score (nSPS) is 12.1. The van der Waals surface area contributed by atoms with Crippen molar-refractivity contribution in [2.45, 2.75) is 13.8 Å². The van der Waals surface area contributed by atoms with Gasteiger partial charge in [-0.2, -0.15) is 0 Å². The first kappa shape index (κ1) is 9.02. The van der Waals surface area contributed by atoms with Crippen LogP contribution in [0.3, 0.4) is 0 Å². The van der Waals surface area contributed by atoms with Crippen LogP contribution in [0.5, 0.6) is 0 Å². The van der Waals surface area contributed by atoms with Gasteiger partial charge in [0.2, 0.25) is 0 Å². The van der Waals surface area contributed by atoms with E-state index in [0.29, 0.717) is 0 Å². The molecule has 56 valence electrons. The summed E-state index contributed by atoms with van der Waals surface area (Å²) in [6.45, 7) is 7.60. The molecule has 0 aliphatic rings. The maximum Gasteiger partial charge on any atom is 0.114 e. The Kier molecular flexibility index (Phi) is 4.38. The highest BCUT2D eigenvalue weighted by molar-refractivity contribution is 5.20. The smallest absolute Gasteiger partial charge is 0.114 e. The summed E-state index contributed by atoms with van der Waals surface area (Å²) in [5.74, 6) is 0.864. The third kappa shape index (κ3) is 3.96. The monoisotopic (exact) mass is 138 g/mol. The van der Waals surface area contributed by atoms with Crippen LogP contribution >= 0.6 is 0 Å². The predicted molar refractivity (Wildman–Crippen MR) is 44.7 cm³/mol. The molecule has 0 rings (SSSR count). The molecule has 1 heteroatoms. The van der Waals surface area contributed by atoms with Crippen LogP contribution in [-0.2, 0) is 4.74 Å². The van der Waals surface area contributed by atoms with Crippen LogP contribution in [0.15, 0.2) is 36.1 Å². The van der Waals surface area contributed by atoms with Gasteiger partial charge in [0.05, 0.1) is 7.11 Å². The van der Waals surface area contributed by atoms with Gasteiger partial charge >= 0.3 is 0 Å². The quantitative estimate of drug-likeness (QED) is 0.430. The summed E-state index contributed by atoms with van der Waals surface area (Å²) in [6.07, 6.45) is 5.71. The van der Waals surface area contributed by atoms with Gasteiger partial charge in [-0.1, -0.05) is 18.2 Å². The highest BCUT2D eigenvalue weighted by atomic mass is 16.5. The van der Waals surface area contributed by atoms with E-state index in [2.05, 4.69) is 6.58 Å². The number of rotatable bonds is 3. The highest BCUT2D eigenvalue weighted by Crippen LogP contribution is 1.99. The van der Waals surface area contributed by atoms with E-state index < -0.39 is 0 Å². The van der Waals surface area contributed by atoms with Crippen LogP contribution in [0.25, 0.3) is 0 Å². The van der Waals surface area contributed by atoms with Gasteiger partial charge in [0.1, 0.15) is 5.76 Å². The van der Waals surface area contributed by atoms with Gasteiger partial charge < -0.3 is 4.74 Å². The molecule has 0 spiro atoms. The molecule has 0 aromatic heterocycles. The minimum absolute atomic E-state index is 0.864. The van der Waals surface area contributed by atoms with Crippen LogP contribution in [0.1, 0.15) is 13.8 Å². The van der Waals surface area contributed by atoms with E-state index in [9.17, 15) is 0 Å². The van der Waals surface area contributed by atoms with Gasteiger partial charge in [-0.05, 0) is 26.0 Å². The molecule has 0 heterocycles. The Morgan fingerprint density at radius 1 is 1.40 bits per heavy atom. The predicted octanol–water partition coefficient (Wildman–Crippen LogP) is 2.67. The molecule has 0 unspecified atom stereocenters. The van der Waals surface area contributed by atoms with Crippen LogP contribution in [-0.4, -0.2) is 7.11 Å². The molecule has 0 amide bonds. The zero-order chi connectivity index (χ0) is 7.98. The summed E-state index contributed by atoms with van der Waals surface area (Å²) in [5.41, 5.74) is 1.02. The molecular formula is C9H14O. The van der Waals surface area contributed by atoms with Crippen molar-refractivity contribution in [2.75, 3.05) is 7.11 Å². The number of ether oxygens (including phenoxy) is 1. The first-order valence-electron chi connectivity index (χ1n) is 3.24. The average molecular weight is 138 g/mol. The summed E-state index contributed by atoms with van der Waals surface area (Å²) < 4.78 is 4.98. The van der Waals surface area contributed by atoms with E-state index in [0.717, 1.165) is 11.3 Å². The maximum absolute atomic E-state index is 4.98. The fourth-order valence-corrected chi connectivity index (χ4v) is 0.507. The van der Waals surface area contributed by atoms with Gasteiger partial charge in [0.15, 0.2) is 0 Å². The molecule has 0 radical (unpaired) electrons. The van der Waals surface area contributed by atoms with Crippen molar-refractivity contribution in [1.82, 2.24) is 0 Å². The van der Waals surface area contributed by atoms with Crippen molar-refractivity contribution in [2.24, 2.45) is 0 Å². The van der Waals surface area contributed by atoms with E-state index in [4.69, 9.17) is 4.74 Å². The van der Waals surface area contributed by atoms with Crippen molar-refractivity contribution in [3.63, 3.8) is 0 Å². The zero-order valence-corrected chi connectivity index (χ0v) is 6.85. The lowest BCUT2D eigenvalue weighted by molar-refractivity contribution is 0.306. The standard InChI is InChI=1S/C9H14O/c1-5-9(10-4)7-6-8(2)3/h5-7H,2H2,1,3-4H3. The van der Waals surface area contributed by atoms with Crippen LogP contribution in [0.4, 0.5) is 0 Å². The molecule has 0 N–H and O–H groups in total. The van der Waals surface area contributed by atoms with Gasteiger partial charge in [0, 0.05) is 0 Å². The summed E-state index contributed by atoms with van der Waals surface area (Å²) in [5, 5.41) is 0. The van der Waals surface area contributed by atoms with E-state index in [1.165, 1.54) is 0 Å². The molecule has 0 aromatic rings. The Labute approximate surface area is 62.7 Å². The second-order valence-electron chi connectivity index (χ2n) is 2.07. The zero-order valence-electron chi connectivity index (χ0n) is 6.85. The van der Waals surface area contributed by atoms with Crippen molar-refractivity contribution < 1.29 is 4.74 Å². The first-order valence-corrected chi connectivity index (χ1v) is 3.24. The van der Waals surface area contributed by atoms with Crippen molar-refractivity contribution in [3.8, 4) is 0 Å². The number of allylic oxidation sites excluding steroid dienone is 4. The van der Waals surface area contributed by atoms with Crippen molar-refractivity contribution in [3.05, 3.63) is 36.1 Å². The molecule has 0 bridgehead atoms. The fourth-order valence-electron chi connectivity index (χ4n) is 0.507. The van der Waals surface area contributed by atoms with Crippen LogP contribution in [0, 0.1) is 0 Å². The Hall–Kier alpha value is -0.980. The second-order valence-corrected chi connectivity index (χ2v) is 2.07. The van der Waals surface area contributed by atoms with E-state index in [-0.39, 0.29) is 0 Å². The number of hydrogen-bond acceptors (Lipinski definition) is 1. The van der Waals surface area contributed by atoms with Crippen molar-refractivity contribution in [1.29, 1.82) is 0 Å². The molecule has 0 aliphatic heterocycles. The molecular weight excluding hydrogens is 124 g/mol. The van der Waals surface area contributed by atoms with Crippen LogP contribution < -0.4 is 0 Å². The molecule has 10 heavy (non-hydrogen) atoms. The van der Waals surface area contributed by atoms with E-state index in [1.54, 1.807) is 7.11 Å². The van der Waals surface area contributed by atoms with Gasteiger partial charge in [-0.25, -0.2) is 0 Å². The lowest BCUT2D eigenvalue weighted by Crippen LogP contribution is -1.79. The number of hydrogen-bond donors (Lipinski definition) is 0. The summed E-state index contributed by atoms with van der Waals surface area (Å²) >= 11 is 0. The highest BCUT2D eigenvalue weighted by Gasteiger charge is 1.83. The van der Waals surface area contributed by atoms with Crippen LogP contribution in [0.2, 0.25) is 0 Å². The van der Waals surface area contributed by atoms with E-state index in [1.807, 2.05) is 32.1 Å². The third-order valence-corrected chi connectivity index (χ3v) is 1.05. The molecule has 0 saturated heterocycles. The summed E-state index contributed by atoms with van der Waals surface area (Å²) in [7, 11) is 1.65. The van der Waals surface area contributed by atoms with Gasteiger partial charge in [-0.15, -0.1) is 0 Å². The molecule has 0 fully saturated rings. The fraction of sp³-hybridized carbons (Fsp3) is 0.333. The lowest BCUT2D eigenvalue weighted by atomic mass is 10.3. The average Bonchev–Trinajstić information content (AvgIpc) is 1.90. The minimum Gasteiger partial charge on any atom is -0.497 e. The molecule has 0 saturated carbocycles. The molecule has 0 atom stereocenters. The Morgan fingerprint density at radius 2 is 2.00 bits per heavy atom. The summed E-state index contributed by atoms with van der Waals surface area (Å²) in [6, 6.07) is 0. The lowest BCUT2D eigenvalue weighted by Gasteiger charge is -1.96. The topological polar surface area (TPSA) is 9.23 Å². The Bertz CT molecular complexity index is 164. The van der Waals surface area contributed by atoms with Gasteiger partial charge in [-0.3, -0.25) is 0 Å². The second kappa shape index (κ2) is 4.86. The Morgan fingerprint density at radius 3 is 2.30 bits per heavy atom. The molecule has 0 aromatic carbocycles. The Balaban J connectivity index is 3.98. The number of methoxy groups -OCH3 is 1. The maximum atomic E-state index is 4.98. The molecule has 1 nitrogen and oxygen atoms in total. The SMILES string of the molecule is C=C(C)C=CC(=CC)OC. The van der Waals surface area contributed by atoms with Crippen molar-refractivity contribution >= 4 is 0 Å².